The molecule has 0 saturated heterocycles. The molecule has 2 heterocycles. The largest absolute Gasteiger partial charge is 0.476 e. The van der Waals surface area contributed by atoms with E-state index in [1.165, 1.54) is 11.3 Å². The fourth-order valence-electron chi connectivity index (χ4n) is 1.79. The summed E-state index contributed by atoms with van der Waals surface area (Å²) < 4.78 is 5.68. The molecule has 5 nitrogen and oxygen atoms in total. The van der Waals surface area contributed by atoms with E-state index in [4.69, 9.17) is 11.2 Å². The van der Waals surface area contributed by atoms with Gasteiger partial charge in [0.1, 0.15) is 10.6 Å². The van der Waals surface area contributed by atoms with Crippen LogP contribution in [0.1, 0.15) is 35.2 Å². The SMILES string of the molecule is C#CC(C)(C)NC(=O)c1sccc1OC(C=O)c1cccnc1. The molecule has 1 unspecified atom stereocenters. The number of amides is 1. The number of terminal acetylenes is 1. The first-order valence-electron chi connectivity index (χ1n) is 6.86. The summed E-state index contributed by atoms with van der Waals surface area (Å²) in [6.07, 6.45) is 8.37. The standard InChI is InChI=1S/C17H16N2O3S/c1-4-17(2,3)19-16(21)15-13(7-9-23-15)22-14(11-20)12-6-5-8-18-10-12/h1,5-11,14H,2-3H3,(H,19,21). The van der Waals surface area contributed by atoms with Crippen molar-refractivity contribution in [3.05, 3.63) is 46.4 Å². The number of hydrogen-bond acceptors (Lipinski definition) is 5. The van der Waals surface area contributed by atoms with Gasteiger partial charge in [0.15, 0.2) is 12.4 Å². The van der Waals surface area contributed by atoms with E-state index in [1.807, 2.05) is 0 Å². The van der Waals surface area contributed by atoms with Crippen molar-refractivity contribution in [1.82, 2.24) is 10.3 Å². The van der Waals surface area contributed by atoms with Crippen LogP contribution in [0.2, 0.25) is 0 Å². The molecule has 1 N–H and O–H groups in total. The van der Waals surface area contributed by atoms with Gasteiger partial charge in [0.25, 0.3) is 5.91 Å². The lowest BCUT2D eigenvalue weighted by Gasteiger charge is -2.20. The molecule has 2 aromatic rings. The molecular formula is C17H16N2O3S. The molecule has 118 valence electrons. The molecule has 0 saturated carbocycles. The minimum atomic E-state index is -0.828. The number of nitrogens with zero attached hydrogens (tertiary/aromatic N) is 1. The molecule has 23 heavy (non-hydrogen) atoms. The van der Waals surface area contributed by atoms with E-state index in [0.29, 0.717) is 22.5 Å². The van der Waals surface area contributed by atoms with Crippen molar-refractivity contribution in [3.8, 4) is 18.1 Å². The lowest BCUT2D eigenvalue weighted by molar-refractivity contribution is -0.113. The first-order chi connectivity index (χ1) is 11.0. The summed E-state index contributed by atoms with van der Waals surface area (Å²) in [5.74, 6) is 2.49. The second-order valence-corrected chi connectivity index (χ2v) is 6.21. The summed E-state index contributed by atoms with van der Waals surface area (Å²) >= 11 is 1.22. The zero-order valence-electron chi connectivity index (χ0n) is 12.8. The van der Waals surface area contributed by atoms with Crippen LogP contribution < -0.4 is 10.1 Å². The fourth-order valence-corrected chi connectivity index (χ4v) is 2.51. The van der Waals surface area contributed by atoms with Crippen LogP contribution in [0.15, 0.2) is 36.0 Å². The zero-order chi connectivity index (χ0) is 16.9. The van der Waals surface area contributed by atoms with Gasteiger partial charge in [-0.3, -0.25) is 14.6 Å². The highest BCUT2D eigenvalue weighted by Gasteiger charge is 2.23. The molecule has 0 aromatic carbocycles. The van der Waals surface area contributed by atoms with E-state index < -0.39 is 11.6 Å². The van der Waals surface area contributed by atoms with E-state index in [0.717, 1.165) is 0 Å². The maximum absolute atomic E-state index is 12.3. The Balaban J connectivity index is 2.19. The van der Waals surface area contributed by atoms with Gasteiger partial charge in [0.2, 0.25) is 0 Å². The van der Waals surface area contributed by atoms with Crippen LogP contribution in [0, 0.1) is 12.3 Å². The Morgan fingerprint density at radius 2 is 2.30 bits per heavy atom. The third-order valence-electron chi connectivity index (χ3n) is 3.01. The molecule has 1 amide bonds. The number of aldehydes is 1. The van der Waals surface area contributed by atoms with Gasteiger partial charge < -0.3 is 10.1 Å². The molecule has 0 radical (unpaired) electrons. The van der Waals surface area contributed by atoms with Gasteiger partial charge in [-0.05, 0) is 31.4 Å². The molecule has 0 aliphatic carbocycles. The van der Waals surface area contributed by atoms with Crippen LogP contribution in [-0.4, -0.2) is 22.7 Å². The van der Waals surface area contributed by atoms with Gasteiger partial charge in [-0.2, -0.15) is 0 Å². The topological polar surface area (TPSA) is 68.3 Å². The van der Waals surface area contributed by atoms with Gasteiger partial charge in [-0.1, -0.05) is 12.0 Å². The molecule has 6 heteroatoms. The van der Waals surface area contributed by atoms with Crippen LogP contribution in [0.5, 0.6) is 5.75 Å². The van der Waals surface area contributed by atoms with Gasteiger partial charge in [-0.25, -0.2) is 0 Å². The van der Waals surface area contributed by atoms with Crippen LogP contribution >= 0.6 is 11.3 Å². The van der Waals surface area contributed by atoms with Crippen molar-refractivity contribution in [3.63, 3.8) is 0 Å². The van der Waals surface area contributed by atoms with Gasteiger partial charge in [0.05, 0.1) is 5.54 Å². The highest BCUT2D eigenvalue weighted by atomic mass is 32.1. The maximum Gasteiger partial charge on any atom is 0.266 e. The highest BCUT2D eigenvalue weighted by molar-refractivity contribution is 7.12. The summed E-state index contributed by atoms with van der Waals surface area (Å²) in [7, 11) is 0. The van der Waals surface area contributed by atoms with Crippen LogP contribution in [0.3, 0.4) is 0 Å². The Labute approximate surface area is 138 Å². The average molecular weight is 328 g/mol. The summed E-state index contributed by atoms with van der Waals surface area (Å²) in [5, 5.41) is 4.45. The number of rotatable bonds is 6. The molecule has 0 spiro atoms. The summed E-state index contributed by atoms with van der Waals surface area (Å²) in [6.45, 7) is 3.45. The number of aromatic nitrogens is 1. The Morgan fingerprint density at radius 3 is 2.91 bits per heavy atom. The van der Waals surface area contributed by atoms with Crippen molar-refractivity contribution in [1.29, 1.82) is 0 Å². The van der Waals surface area contributed by atoms with Crippen molar-refractivity contribution in [2.75, 3.05) is 0 Å². The van der Waals surface area contributed by atoms with Crippen molar-refractivity contribution in [2.24, 2.45) is 0 Å². The van der Waals surface area contributed by atoms with E-state index in [2.05, 4.69) is 16.2 Å². The molecule has 0 bridgehead atoms. The van der Waals surface area contributed by atoms with E-state index >= 15 is 0 Å². The second-order valence-electron chi connectivity index (χ2n) is 5.30. The lowest BCUT2D eigenvalue weighted by atomic mass is 10.1. The Kier molecular flexibility index (Phi) is 5.14. The third kappa shape index (κ3) is 4.18. The van der Waals surface area contributed by atoms with E-state index in [9.17, 15) is 9.59 Å². The Morgan fingerprint density at radius 1 is 1.52 bits per heavy atom. The average Bonchev–Trinajstić information content (AvgIpc) is 3.01. The summed E-state index contributed by atoms with van der Waals surface area (Å²) in [4.78, 5) is 28.0. The fraction of sp³-hybridized carbons (Fsp3) is 0.235. The number of hydrogen-bond donors (Lipinski definition) is 1. The molecule has 0 aliphatic heterocycles. The first-order valence-corrected chi connectivity index (χ1v) is 7.74. The van der Waals surface area contributed by atoms with E-state index in [-0.39, 0.29) is 5.91 Å². The lowest BCUT2D eigenvalue weighted by Crippen LogP contribution is -2.41. The number of ether oxygens (including phenoxy) is 1. The van der Waals surface area contributed by atoms with Crippen molar-refractivity contribution >= 4 is 23.5 Å². The van der Waals surface area contributed by atoms with Crippen LogP contribution in [-0.2, 0) is 4.79 Å². The molecule has 2 rings (SSSR count). The minimum absolute atomic E-state index is 0.335. The van der Waals surface area contributed by atoms with Crippen molar-refractivity contribution in [2.45, 2.75) is 25.5 Å². The maximum atomic E-state index is 12.3. The van der Waals surface area contributed by atoms with E-state index in [1.54, 1.807) is 49.8 Å². The summed E-state index contributed by atoms with van der Waals surface area (Å²) in [5.41, 5.74) is -0.157. The number of nitrogens with one attached hydrogen (secondary N) is 1. The predicted octanol–water partition coefficient (Wildman–Crippen LogP) is 2.60. The third-order valence-corrected chi connectivity index (χ3v) is 3.91. The number of thiophene rings is 1. The molecular weight excluding hydrogens is 312 g/mol. The zero-order valence-corrected chi connectivity index (χ0v) is 13.6. The minimum Gasteiger partial charge on any atom is -0.476 e. The van der Waals surface area contributed by atoms with Gasteiger partial charge >= 0.3 is 0 Å². The molecule has 2 aromatic heterocycles. The normalized spacial score (nSPS) is 12.0. The highest BCUT2D eigenvalue weighted by Crippen LogP contribution is 2.29. The van der Waals surface area contributed by atoms with Crippen molar-refractivity contribution < 1.29 is 14.3 Å². The smallest absolute Gasteiger partial charge is 0.266 e. The number of pyridine rings is 1. The Hall–Kier alpha value is -2.65. The quantitative estimate of drug-likeness (QED) is 0.654. The number of carbonyl (C=O) groups is 2. The molecule has 0 fully saturated rings. The second kappa shape index (κ2) is 7.07. The van der Waals surface area contributed by atoms with Gasteiger partial charge in [-0.15, -0.1) is 17.8 Å². The van der Waals surface area contributed by atoms with Crippen LogP contribution in [0.25, 0.3) is 0 Å². The monoisotopic (exact) mass is 328 g/mol. The first kappa shape index (κ1) is 16.7. The summed E-state index contributed by atoms with van der Waals surface area (Å²) in [6, 6.07) is 5.10. The van der Waals surface area contributed by atoms with Crippen LogP contribution in [0.4, 0.5) is 0 Å². The molecule has 0 aliphatic rings. The predicted molar refractivity (Wildman–Crippen MR) is 88.4 cm³/mol. The Bertz CT molecular complexity index is 732. The number of carbonyl (C=O) groups excluding carboxylic acids is 2. The van der Waals surface area contributed by atoms with Gasteiger partial charge in [0, 0.05) is 18.0 Å². The molecule has 1 atom stereocenters.